The minimum atomic E-state index is -0.231. The van der Waals surface area contributed by atoms with Gasteiger partial charge in [-0.05, 0) is 65.2 Å². The summed E-state index contributed by atoms with van der Waals surface area (Å²) in [6.45, 7) is 0. The summed E-state index contributed by atoms with van der Waals surface area (Å²) < 4.78 is 15.7. The normalized spacial score (nSPS) is 15.9. The van der Waals surface area contributed by atoms with E-state index in [1.807, 2.05) is 24.3 Å². The molecule has 0 radical (unpaired) electrons. The Morgan fingerprint density at radius 3 is 1.88 bits per heavy atom. The zero-order chi connectivity index (χ0) is 37.5. The Hall–Kier alpha value is -7.41. The third-order valence-corrected chi connectivity index (χ3v) is 11.5. The van der Waals surface area contributed by atoms with E-state index in [1.54, 1.807) is 0 Å². The standard InChI is InChI=1S/C51H34N4O2/c1-3-14-31(15-4-1)49-52-50(32-16-5-2-6-17-32)54-51(53-49)38-21-12-25-42-46(38)37-29-28-33(30-45(37)57-42)34-20-11-26-43-47(34)48-41(24-13-27-44(48)56-43)55-39-22-9-7-18-35(39)36-19-8-10-23-40(36)55/h1-30,49,51,53H,(H,52,54). The first-order valence-corrected chi connectivity index (χ1v) is 19.4. The van der Waals surface area contributed by atoms with E-state index in [9.17, 15) is 0 Å². The highest BCUT2D eigenvalue weighted by molar-refractivity contribution is 6.19. The van der Waals surface area contributed by atoms with Crippen molar-refractivity contribution in [1.82, 2.24) is 15.2 Å². The maximum atomic E-state index is 6.72. The number of furan rings is 2. The maximum Gasteiger partial charge on any atom is 0.137 e. The molecule has 4 heterocycles. The van der Waals surface area contributed by atoms with Gasteiger partial charge >= 0.3 is 0 Å². The Balaban J connectivity index is 1.01. The highest BCUT2D eigenvalue weighted by Crippen LogP contribution is 2.44. The van der Waals surface area contributed by atoms with Gasteiger partial charge in [0.1, 0.15) is 40.5 Å². The summed E-state index contributed by atoms with van der Waals surface area (Å²) in [6, 6.07) is 63.7. The van der Waals surface area contributed by atoms with Crippen LogP contribution in [0.5, 0.6) is 0 Å². The lowest BCUT2D eigenvalue weighted by Gasteiger charge is -2.32. The quantitative estimate of drug-likeness (QED) is 0.185. The summed E-state index contributed by atoms with van der Waals surface area (Å²) in [5, 5.41) is 14.3. The minimum Gasteiger partial charge on any atom is -0.456 e. The molecule has 0 fully saturated rings. The zero-order valence-corrected chi connectivity index (χ0v) is 30.7. The summed E-state index contributed by atoms with van der Waals surface area (Å²) >= 11 is 0. The van der Waals surface area contributed by atoms with Gasteiger partial charge in [-0.25, -0.2) is 4.99 Å². The number of nitrogens with one attached hydrogen (secondary N) is 2. The molecule has 0 spiro atoms. The molecule has 3 aromatic heterocycles. The van der Waals surface area contributed by atoms with E-state index in [2.05, 4.69) is 173 Å². The number of para-hydroxylation sites is 2. The second kappa shape index (κ2) is 12.6. The van der Waals surface area contributed by atoms with Crippen LogP contribution in [0.2, 0.25) is 0 Å². The Kier molecular flexibility index (Phi) is 7.03. The number of aliphatic imine (C=N–C) groups is 1. The van der Waals surface area contributed by atoms with Gasteiger partial charge in [-0.3, -0.25) is 5.32 Å². The Labute approximate surface area is 327 Å². The highest BCUT2D eigenvalue weighted by atomic mass is 16.3. The average molecular weight is 735 g/mol. The van der Waals surface area contributed by atoms with Crippen LogP contribution in [0.4, 0.5) is 0 Å². The predicted molar refractivity (Wildman–Crippen MR) is 232 cm³/mol. The fourth-order valence-electron chi connectivity index (χ4n) is 8.99. The van der Waals surface area contributed by atoms with Crippen LogP contribution in [-0.2, 0) is 0 Å². The number of rotatable bonds is 5. The third kappa shape index (κ3) is 4.98. The van der Waals surface area contributed by atoms with Gasteiger partial charge in [-0.1, -0.05) is 133 Å². The van der Waals surface area contributed by atoms with Crippen molar-refractivity contribution >= 4 is 71.5 Å². The monoisotopic (exact) mass is 734 g/mol. The summed E-state index contributed by atoms with van der Waals surface area (Å²) in [6.07, 6.45) is -0.456. The van der Waals surface area contributed by atoms with Gasteiger partial charge in [0, 0.05) is 38.1 Å². The van der Waals surface area contributed by atoms with Gasteiger partial charge in [-0.2, -0.15) is 0 Å². The van der Waals surface area contributed by atoms with Crippen LogP contribution in [0.1, 0.15) is 29.0 Å². The molecule has 11 aromatic rings. The van der Waals surface area contributed by atoms with Gasteiger partial charge in [-0.15, -0.1) is 0 Å². The molecule has 2 atom stereocenters. The summed E-state index contributed by atoms with van der Waals surface area (Å²) in [4.78, 5) is 5.13. The molecule has 0 saturated carbocycles. The van der Waals surface area contributed by atoms with Gasteiger partial charge in [0.2, 0.25) is 0 Å². The fourth-order valence-corrected chi connectivity index (χ4v) is 8.99. The molecule has 6 nitrogen and oxygen atoms in total. The fraction of sp³-hybridized carbons (Fsp3) is 0.0392. The first kappa shape index (κ1) is 31.9. The molecule has 0 bridgehead atoms. The highest BCUT2D eigenvalue weighted by Gasteiger charge is 2.28. The molecule has 1 aliphatic rings. The topological polar surface area (TPSA) is 67.6 Å². The molecule has 2 unspecified atom stereocenters. The van der Waals surface area contributed by atoms with Crippen molar-refractivity contribution in [2.24, 2.45) is 4.99 Å². The SMILES string of the molecule is c1ccc(C2=NC(c3ccccc3)NC(c3cccc4oc5cc(-c6cccc7oc8cccc(-n9c%10ccccc%10c%10ccccc%109)c8c67)ccc5c34)N2)cc1. The number of benzene rings is 8. The van der Waals surface area contributed by atoms with Crippen molar-refractivity contribution < 1.29 is 8.83 Å². The van der Waals surface area contributed by atoms with Gasteiger partial charge in [0.05, 0.1) is 22.1 Å². The number of hydrogen-bond donors (Lipinski definition) is 2. The summed E-state index contributed by atoms with van der Waals surface area (Å²) in [7, 11) is 0. The Morgan fingerprint density at radius 1 is 0.474 bits per heavy atom. The van der Waals surface area contributed by atoms with E-state index in [4.69, 9.17) is 13.8 Å². The molecule has 2 N–H and O–H groups in total. The summed E-state index contributed by atoms with van der Waals surface area (Å²) in [5.74, 6) is 0.848. The van der Waals surface area contributed by atoms with Crippen LogP contribution in [0.3, 0.4) is 0 Å². The van der Waals surface area contributed by atoms with Crippen LogP contribution in [-0.4, -0.2) is 10.4 Å². The van der Waals surface area contributed by atoms with Crippen molar-refractivity contribution in [2.75, 3.05) is 0 Å². The molecule has 57 heavy (non-hydrogen) atoms. The number of fused-ring (bicyclic) bond motifs is 9. The molecule has 0 saturated heterocycles. The lowest BCUT2D eigenvalue weighted by Crippen LogP contribution is -2.45. The van der Waals surface area contributed by atoms with Gasteiger partial charge in [0.15, 0.2) is 0 Å². The molecule has 0 aliphatic carbocycles. The number of aromatic nitrogens is 1. The maximum absolute atomic E-state index is 6.72. The number of amidine groups is 1. The summed E-state index contributed by atoms with van der Waals surface area (Å²) in [5.41, 5.74) is 12.2. The first-order valence-electron chi connectivity index (χ1n) is 19.4. The molecule has 12 rings (SSSR count). The van der Waals surface area contributed by atoms with Crippen molar-refractivity contribution in [3.05, 3.63) is 199 Å². The first-order chi connectivity index (χ1) is 28.3. The van der Waals surface area contributed by atoms with E-state index < -0.39 is 0 Å². The van der Waals surface area contributed by atoms with E-state index >= 15 is 0 Å². The molecule has 8 aromatic carbocycles. The third-order valence-electron chi connectivity index (χ3n) is 11.5. The Morgan fingerprint density at radius 2 is 1.11 bits per heavy atom. The van der Waals surface area contributed by atoms with Crippen LogP contribution in [0, 0.1) is 0 Å². The zero-order valence-electron chi connectivity index (χ0n) is 30.7. The van der Waals surface area contributed by atoms with Crippen molar-refractivity contribution in [3.8, 4) is 16.8 Å². The smallest absolute Gasteiger partial charge is 0.137 e. The number of nitrogens with zero attached hydrogens (tertiary/aromatic N) is 2. The minimum absolute atomic E-state index is 0.225. The molecular formula is C51H34N4O2. The second-order valence-corrected chi connectivity index (χ2v) is 14.7. The predicted octanol–water partition coefficient (Wildman–Crippen LogP) is 12.6. The van der Waals surface area contributed by atoms with Crippen molar-refractivity contribution in [2.45, 2.75) is 12.3 Å². The van der Waals surface area contributed by atoms with Crippen molar-refractivity contribution in [1.29, 1.82) is 0 Å². The lowest BCUT2D eigenvalue weighted by molar-refractivity contribution is 0.411. The van der Waals surface area contributed by atoms with Crippen LogP contribution in [0.15, 0.2) is 196 Å². The lowest BCUT2D eigenvalue weighted by atomic mass is 9.96. The average Bonchev–Trinajstić information content (AvgIpc) is 3.96. The van der Waals surface area contributed by atoms with Crippen molar-refractivity contribution in [3.63, 3.8) is 0 Å². The molecule has 6 heteroatoms. The van der Waals surface area contributed by atoms with E-state index in [-0.39, 0.29) is 12.3 Å². The van der Waals surface area contributed by atoms with Crippen LogP contribution < -0.4 is 10.6 Å². The van der Waals surface area contributed by atoms with Gasteiger partial charge < -0.3 is 18.7 Å². The van der Waals surface area contributed by atoms with E-state index in [0.717, 1.165) is 94.3 Å². The van der Waals surface area contributed by atoms with Crippen LogP contribution in [0.25, 0.3) is 82.5 Å². The van der Waals surface area contributed by atoms with E-state index in [0.29, 0.717) is 0 Å². The number of hydrogen-bond acceptors (Lipinski definition) is 5. The Bertz CT molecular complexity index is 3320. The molecule has 0 amide bonds. The van der Waals surface area contributed by atoms with Crippen LogP contribution >= 0.6 is 0 Å². The van der Waals surface area contributed by atoms with E-state index in [1.165, 1.54) is 10.8 Å². The molecule has 270 valence electrons. The molecule has 1 aliphatic heterocycles. The second-order valence-electron chi connectivity index (χ2n) is 14.7. The van der Waals surface area contributed by atoms with Gasteiger partial charge in [0.25, 0.3) is 0 Å². The largest absolute Gasteiger partial charge is 0.456 e. The molecular weight excluding hydrogens is 701 g/mol.